The van der Waals surface area contributed by atoms with Crippen LogP contribution in [0, 0.1) is 0 Å². The Morgan fingerprint density at radius 2 is 1.88 bits per heavy atom. The number of hydrogen-bond donors (Lipinski definition) is 0. The first-order chi connectivity index (χ1) is 7.59. The molecule has 0 fully saturated rings. The molecule has 2 rings (SSSR count). The predicted molar refractivity (Wildman–Crippen MR) is 69.0 cm³/mol. The van der Waals surface area contributed by atoms with Gasteiger partial charge < -0.3 is 4.90 Å². The summed E-state index contributed by atoms with van der Waals surface area (Å²) in [6.45, 7) is 8.34. The molecule has 2 heteroatoms. The Bertz CT molecular complexity index is 382. The molecule has 1 amide bonds. The normalized spacial score (nSPS) is 13.6. The predicted octanol–water partition coefficient (Wildman–Crippen LogP) is 3.36. The molecular formula is C14H21NO. The average molecular weight is 219 g/mol. The molecule has 16 heavy (non-hydrogen) atoms. The third-order valence-corrected chi connectivity index (χ3v) is 2.85. The highest BCUT2D eigenvalue weighted by molar-refractivity contribution is 6.00. The number of hydrogen-bond acceptors (Lipinski definition) is 1. The fourth-order valence-corrected chi connectivity index (χ4v) is 1.85. The first-order valence-electron chi connectivity index (χ1n) is 5.99. The van der Waals surface area contributed by atoms with Crippen LogP contribution in [-0.4, -0.2) is 13.0 Å². The standard InChI is InChI=1S/C12H15NO.C2H6/c1-8(2)9-4-5-11-10(6-9)7-12(14)13(11)3;1-2/h4-6,8H,7H2,1-3H3;1-2H3. The van der Waals surface area contributed by atoms with Gasteiger partial charge in [0.05, 0.1) is 6.42 Å². The average Bonchev–Trinajstić information content (AvgIpc) is 2.57. The molecule has 1 aliphatic heterocycles. The number of rotatable bonds is 1. The molecular weight excluding hydrogens is 198 g/mol. The van der Waals surface area contributed by atoms with Crippen molar-refractivity contribution in [2.24, 2.45) is 0 Å². The van der Waals surface area contributed by atoms with Crippen LogP contribution in [0.3, 0.4) is 0 Å². The summed E-state index contributed by atoms with van der Waals surface area (Å²) in [5, 5.41) is 0. The molecule has 1 aromatic rings. The molecule has 1 heterocycles. The zero-order valence-electron chi connectivity index (χ0n) is 10.9. The third-order valence-electron chi connectivity index (χ3n) is 2.85. The van der Waals surface area contributed by atoms with E-state index in [1.807, 2.05) is 20.9 Å². The zero-order chi connectivity index (χ0) is 12.3. The second-order valence-electron chi connectivity index (χ2n) is 4.17. The van der Waals surface area contributed by atoms with Gasteiger partial charge in [0.2, 0.25) is 5.91 Å². The highest BCUT2D eigenvalue weighted by Gasteiger charge is 2.23. The SMILES string of the molecule is CC.CC(C)c1ccc2c(c1)CC(=O)N2C. The van der Waals surface area contributed by atoms with E-state index in [-0.39, 0.29) is 5.91 Å². The summed E-state index contributed by atoms with van der Waals surface area (Å²) in [6.07, 6.45) is 0.562. The molecule has 0 saturated heterocycles. The Morgan fingerprint density at radius 3 is 2.44 bits per heavy atom. The monoisotopic (exact) mass is 219 g/mol. The van der Waals surface area contributed by atoms with Gasteiger partial charge in [0.25, 0.3) is 0 Å². The van der Waals surface area contributed by atoms with Crippen LogP contribution in [0.15, 0.2) is 18.2 Å². The third kappa shape index (κ3) is 2.26. The molecule has 0 N–H and O–H groups in total. The quantitative estimate of drug-likeness (QED) is 0.709. The highest BCUT2D eigenvalue weighted by atomic mass is 16.2. The van der Waals surface area contributed by atoms with Crippen molar-refractivity contribution in [3.8, 4) is 0 Å². The van der Waals surface area contributed by atoms with Gasteiger partial charge in [-0.1, -0.05) is 39.8 Å². The lowest BCUT2D eigenvalue weighted by atomic mass is 10.00. The summed E-state index contributed by atoms with van der Waals surface area (Å²) in [4.78, 5) is 13.2. The number of likely N-dealkylation sites (N-methyl/N-ethyl adjacent to an activating group) is 1. The molecule has 1 aliphatic rings. The van der Waals surface area contributed by atoms with Crippen molar-refractivity contribution < 1.29 is 4.79 Å². The van der Waals surface area contributed by atoms with Crippen molar-refractivity contribution in [2.45, 2.75) is 40.0 Å². The van der Waals surface area contributed by atoms with Crippen molar-refractivity contribution in [3.63, 3.8) is 0 Å². The number of anilines is 1. The lowest BCUT2D eigenvalue weighted by Crippen LogP contribution is -2.20. The Balaban J connectivity index is 0.000000606. The summed E-state index contributed by atoms with van der Waals surface area (Å²) in [5.41, 5.74) is 3.55. The molecule has 0 atom stereocenters. The molecule has 0 radical (unpaired) electrons. The molecule has 1 aromatic carbocycles. The van der Waals surface area contributed by atoms with E-state index in [4.69, 9.17) is 0 Å². The lowest BCUT2D eigenvalue weighted by molar-refractivity contribution is -0.117. The maximum Gasteiger partial charge on any atom is 0.231 e. The molecule has 0 spiro atoms. The second-order valence-corrected chi connectivity index (χ2v) is 4.17. The van der Waals surface area contributed by atoms with E-state index in [9.17, 15) is 4.79 Å². The van der Waals surface area contributed by atoms with Gasteiger partial charge in [0, 0.05) is 12.7 Å². The van der Waals surface area contributed by atoms with E-state index in [0.29, 0.717) is 12.3 Å². The van der Waals surface area contributed by atoms with Crippen LogP contribution in [0.25, 0.3) is 0 Å². The van der Waals surface area contributed by atoms with Gasteiger partial charge in [0.1, 0.15) is 0 Å². The van der Waals surface area contributed by atoms with Crippen molar-refractivity contribution in [3.05, 3.63) is 29.3 Å². The minimum absolute atomic E-state index is 0.195. The lowest BCUT2D eigenvalue weighted by Gasteiger charge is -2.11. The number of carbonyl (C=O) groups excluding carboxylic acids is 1. The van der Waals surface area contributed by atoms with Crippen LogP contribution < -0.4 is 4.90 Å². The Labute approximate surface area is 98.3 Å². The summed E-state index contributed by atoms with van der Waals surface area (Å²) in [5.74, 6) is 0.724. The van der Waals surface area contributed by atoms with Gasteiger partial charge in [-0.15, -0.1) is 0 Å². The van der Waals surface area contributed by atoms with E-state index >= 15 is 0 Å². The van der Waals surface area contributed by atoms with E-state index < -0.39 is 0 Å². The van der Waals surface area contributed by atoms with E-state index in [1.165, 1.54) is 11.1 Å². The van der Waals surface area contributed by atoms with Gasteiger partial charge in [-0.25, -0.2) is 0 Å². The fraction of sp³-hybridized carbons (Fsp3) is 0.500. The summed E-state index contributed by atoms with van der Waals surface area (Å²) in [6, 6.07) is 6.32. The minimum Gasteiger partial charge on any atom is -0.315 e. The molecule has 0 aromatic heterocycles. The molecule has 0 unspecified atom stereocenters. The Morgan fingerprint density at radius 1 is 1.25 bits per heavy atom. The largest absolute Gasteiger partial charge is 0.315 e. The van der Waals surface area contributed by atoms with Crippen LogP contribution in [0.2, 0.25) is 0 Å². The number of amides is 1. The van der Waals surface area contributed by atoms with Crippen LogP contribution in [-0.2, 0) is 11.2 Å². The summed E-state index contributed by atoms with van der Waals surface area (Å²) >= 11 is 0. The van der Waals surface area contributed by atoms with Crippen molar-refractivity contribution in [1.29, 1.82) is 0 Å². The van der Waals surface area contributed by atoms with Gasteiger partial charge in [0.15, 0.2) is 0 Å². The van der Waals surface area contributed by atoms with Crippen LogP contribution >= 0.6 is 0 Å². The topological polar surface area (TPSA) is 20.3 Å². The maximum atomic E-state index is 11.4. The van der Waals surface area contributed by atoms with Gasteiger partial charge in [-0.05, 0) is 23.1 Å². The Hall–Kier alpha value is -1.31. The maximum absolute atomic E-state index is 11.4. The second kappa shape index (κ2) is 5.15. The number of carbonyl (C=O) groups is 1. The first-order valence-corrected chi connectivity index (χ1v) is 5.99. The fourth-order valence-electron chi connectivity index (χ4n) is 1.85. The molecule has 0 bridgehead atoms. The summed E-state index contributed by atoms with van der Waals surface area (Å²) < 4.78 is 0. The first kappa shape index (κ1) is 12.8. The van der Waals surface area contributed by atoms with Crippen LogP contribution in [0.4, 0.5) is 5.69 Å². The minimum atomic E-state index is 0.195. The van der Waals surface area contributed by atoms with E-state index in [0.717, 1.165) is 5.69 Å². The molecule has 88 valence electrons. The van der Waals surface area contributed by atoms with Crippen LogP contribution in [0.5, 0.6) is 0 Å². The van der Waals surface area contributed by atoms with Crippen molar-refractivity contribution in [2.75, 3.05) is 11.9 Å². The van der Waals surface area contributed by atoms with Crippen LogP contribution in [0.1, 0.15) is 44.7 Å². The number of fused-ring (bicyclic) bond motifs is 1. The number of nitrogens with zero attached hydrogens (tertiary/aromatic N) is 1. The summed E-state index contributed by atoms with van der Waals surface area (Å²) in [7, 11) is 1.84. The Kier molecular flexibility index (Phi) is 4.11. The molecule has 2 nitrogen and oxygen atoms in total. The smallest absolute Gasteiger partial charge is 0.231 e. The van der Waals surface area contributed by atoms with Gasteiger partial charge in [-0.2, -0.15) is 0 Å². The van der Waals surface area contributed by atoms with Gasteiger partial charge >= 0.3 is 0 Å². The number of benzene rings is 1. The molecule has 0 aliphatic carbocycles. The van der Waals surface area contributed by atoms with Crippen molar-refractivity contribution in [1.82, 2.24) is 0 Å². The van der Waals surface area contributed by atoms with Gasteiger partial charge in [-0.3, -0.25) is 4.79 Å². The van der Waals surface area contributed by atoms with E-state index in [2.05, 4.69) is 32.0 Å². The molecule has 0 saturated carbocycles. The zero-order valence-corrected chi connectivity index (χ0v) is 10.9. The highest BCUT2D eigenvalue weighted by Crippen LogP contribution is 2.30. The van der Waals surface area contributed by atoms with Crippen molar-refractivity contribution >= 4 is 11.6 Å². The van der Waals surface area contributed by atoms with E-state index in [1.54, 1.807) is 4.90 Å².